The summed E-state index contributed by atoms with van der Waals surface area (Å²) in [5.74, 6) is -0.683. The zero-order valence-corrected chi connectivity index (χ0v) is 14.7. The van der Waals surface area contributed by atoms with Gasteiger partial charge in [0.2, 0.25) is 0 Å². The number of methoxy groups -OCH3 is 1. The molecule has 2 rings (SSSR count). The number of nitrogens with one attached hydrogen (secondary N) is 2. The highest BCUT2D eigenvalue weighted by Gasteiger charge is 2.40. The summed E-state index contributed by atoms with van der Waals surface area (Å²) in [6.45, 7) is 8.06. The molecule has 7 heteroatoms. The predicted molar refractivity (Wildman–Crippen MR) is 92.1 cm³/mol. The van der Waals surface area contributed by atoms with Crippen LogP contribution in [0, 0.1) is 5.92 Å². The number of carbonyl (C=O) groups is 2. The topological polar surface area (TPSA) is 85.9 Å². The van der Waals surface area contributed by atoms with E-state index in [0.717, 1.165) is 0 Å². The molecule has 2 atom stereocenters. The summed E-state index contributed by atoms with van der Waals surface area (Å²) in [7, 11) is 1.53. The highest BCUT2D eigenvalue weighted by molar-refractivity contribution is 5.85. The summed E-state index contributed by atoms with van der Waals surface area (Å²) in [4.78, 5) is 24.4. The number of esters is 1. The van der Waals surface area contributed by atoms with Gasteiger partial charge >= 0.3 is 12.0 Å². The average molecular weight is 348 g/mol. The maximum atomic E-state index is 12.6. The molecule has 25 heavy (non-hydrogen) atoms. The molecule has 1 aromatic rings. The van der Waals surface area contributed by atoms with E-state index in [0.29, 0.717) is 17.9 Å². The number of carbonyl (C=O) groups excluding carboxylic acids is 2. The van der Waals surface area contributed by atoms with Crippen LogP contribution in [0.25, 0.3) is 0 Å². The number of amides is 2. The SMILES string of the molecule is C=C1NC(=O)N[C@@H](c2ccccc2OC)[C@@H]1C(=O)OCCOC(C)C. The Balaban J connectivity index is 2.18. The monoisotopic (exact) mass is 348 g/mol. The minimum atomic E-state index is -0.770. The van der Waals surface area contributed by atoms with Crippen molar-refractivity contribution in [1.29, 1.82) is 0 Å². The fraction of sp³-hybridized carbons (Fsp3) is 0.444. The van der Waals surface area contributed by atoms with E-state index < -0.39 is 24.0 Å². The second kappa shape index (κ2) is 8.53. The fourth-order valence-corrected chi connectivity index (χ4v) is 2.66. The largest absolute Gasteiger partial charge is 0.496 e. The van der Waals surface area contributed by atoms with E-state index in [1.165, 1.54) is 7.11 Å². The van der Waals surface area contributed by atoms with Crippen LogP contribution < -0.4 is 15.4 Å². The van der Waals surface area contributed by atoms with Crippen molar-refractivity contribution >= 4 is 12.0 Å². The van der Waals surface area contributed by atoms with Crippen LogP contribution in [-0.4, -0.2) is 38.4 Å². The van der Waals surface area contributed by atoms with Crippen molar-refractivity contribution in [3.05, 3.63) is 42.1 Å². The van der Waals surface area contributed by atoms with E-state index in [2.05, 4.69) is 17.2 Å². The zero-order valence-electron chi connectivity index (χ0n) is 14.7. The lowest BCUT2D eigenvalue weighted by Crippen LogP contribution is -2.51. The molecule has 0 radical (unpaired) electrons. The molecule has 136 valence electrons. The van der Waals surface area contributed by atoms with Crippen molar-refractivity contribution in [2.45, 2.75) is 26.0 Å². The Bertz CT molecular complexity index is 644. The van der Waals surface area contributed by atoms with E-state index in [9.17, 15) is 9.59 Å². The van der Waals surface area contributed by atoms with Crippen LogP contribution in [0.1, 0.15) is 25.5 Å². The second-order valence-electron chi connectivity index (χ2n) is 5.91. The summed E-state index contributed by atoms with van der Waals surface area (Å²) in [6.07, 6.45) is 0.0608. The van der Waals surface area contributed by atoms with Gasteiger partial charge in [-0.05, 0) is 19.9 Å². The Morgan fingerprint density at radius 2 is 2.00 bits per heavy atom. The molecule has 1 aromatic carbocycles. The Hall–Kier alpha value is -2.54. The van der Waals surface area contributed by atoms with Crippen LogP contribution in [0.15, 0.2) is 36.5 Å². The van der Waals surface area contributed by atoms with Crippen LogP contribution in [0.3, 0.4) is 0 Å². The molecular formula is C18H24N2O5. The van der Waals surface area contributed by atoms with Gasteiger partial charge in [-0.2, -0.15) is 0 Å². The van der Waals surface area contributed by atoms with Gasteiger partial charge in [0.1, 0.15) is 18.3 Å². The summed E-state index contributed by atoms with van der Waals surface area (Å²) in [5, 5.41) is 5.29. The first-order valence-corrected chi connectivity index (χ1v) is 8.11. The Labute approximate surface area is 147 Å². The highest BCUT2D eigenvalue weighted by Crippen LogP contribution is 2.35. The standard InChI is InChI=1S/C18H24N2O5/c1-11(2)24-9-10-25-17(21)15-12(3)19-18(22)20-16(15)13-7-5-6-8-14(13)23-4/h5-8,11,15-16H,3,9-10H2,1-2,4H3,(H2,19,20,22)/t15-,16+/m1/s1. The quantitative estimate of drug-likeness (QED) is 0.582. The molecule has 1 fully saturated rings. The maximum absolute atomic E-state index is 12.6. The molecule has 1 aliphatic heterocycles. The molecule has 2 amide bonds. The molecule has 0 unspecified atom stereocenters. The first-order valence-electron chi connectivity index (χ1n) is 8.11. The second-order valence-corrected chi connectivity index (χ2v) is 5.91. The third-order valence-electron chi connectivity index (χ3n) is 3.78. The summed E-state index contributed by atoms with van der Waals surface area (Å²) < 4.78 is 16.0. The Morgan fingerprint density at radius 3 is 2.68 bits per heavy atom. The Kier molecular flexibility index (Phi) is 6.41. The van der Waals surface area contributed by atoms with Gasteiger partial charge in [0.05, 0.1) is 25.9 Å². The van der Waals surface area contributed by atoms with Crippen LogP contribution in [0.2, 0.25) is 0 Å². The van der Waals surface area contributed by atoms with Crippen molar-refractivity contribution in [2.24, 2.45) is 5.92 Å². The number of hydrogen-bond donors (Lipinski definition) is 2. The number of benzene rings is 1. The summed E-state index contributed by atoms with van der Waals surface area (Å²) >= 11 is 0. The van der Waals surface area contributed by atoms with Crippen molar-refractivity contribution < 1.29 is 23.8 Å². The van der Waals surface area contributed by atoms with E-state index in [1.54, 1.807) is 12.1 Å². The lowest BCUT2D eigenvalue weighted by Gasteiger charge is -2.33. The van der Waals surface area contributed by atoms with Crippen molar-refractivity contribution in [1.82, 2.24) is 10.6 Å². The highest BCUT2D eigenvalue weighted by atomic mass is 16.6. The molecule has 1 aliphatic rings. The lowest BCUT2D eigenvalue weighted by atomic mass is 9.88. The normalized spacial score (nSPS) is 20.0. The van der Waals surface area contributed by atoms with E-state index in [-0.39, 0.29) is 18.4 Å². The van der Waals surface area contributed by atoms with Crippen molar-refractivity contribution in [3.63, 3.8) is 0 Å². The minimum absolute atomic E-state index is 0.0608. The zero-order chi connectivity index (χ0) is 18.4. The molecule has 7 nitrogen and oxygen atoms in total. The molecule has 0 spiro atoms. The van der Waals surface area contributed by atoms with Crippen LogP contribution >= 0.6 is 0 Å². The van der Waals surface area contributed by atoms with Gasteiger partial charge < -0.3 is 24.8 Å². The molecule has 1 saturated heterocycles. The summed E-state index contributed by atoms with van der Waals surface area (Å²) in [6, 6.07) is 6.14. The molecular weight excluding hydrogens is 324 g/mol. The average Bonchev–Trinajstić information content (AvgIpc) is 2.57. The molecule has 0 aromatic heterocycles. The number of hydrogen-bond acceptors (Lipinski definition) is 5. The van der Waals surface area contributed by atoms with E-state index in [1.807, 2.05) is 26.0 Å². The Morgan fingerprint density at radius 1 is 1.28 bits per heavy atom. The fourth-order valence-electron chi connectivity index (χ4n) is 2.66. The summed E-state index contributed by atoms with van der Waals surface area (Å²) in [5.41, 5.74) is 0.968. The molecule has 0 bridgehead atoms. The van der Waals surface area contributed by atoms with Gasteiger partial charge in [-0.3, -0.25) is 4.79 Å². The van der Waals surface area contributed by atoms with Crippen LogP contribution in [0.4, 0.5) is 4.79 Å². The molecule has 2 N–H and O–H groups in total. The van der Waals surface area contributed by atoms with Gasteiger partial charge in [-0.15, -0.1) is 0 Å². The number of para-hydroxylation sites is 1. The third-order valence-corrected chi connectivity index (χ3v) is 3.78. The van der Waals surface area contributed by atoms with Gasteiger partial charge in [-0.1, -0.05) is 24.8 Å². The maximum Gasteiger partial charge on any atom is 0.319 e. The molecule has 0 saturated carbocycles. The number of rotatable bonds is 7. The predicted octanol–water partition coefficient (Wildman–Crippen LogP) is 2.15. The van der Waals surface area contributed by atoms with Gasteiger partial charge in [0.25, 0.3) is 0 Å². The van der Waals surface area contributed by atoms with E-state index in [4.69, 9.17) is 14.2 Å². The number of urea groups is 1. The molecule has 1 heterocycles. The van der Waals surface area contributed by atoms with Crippen LogP contribution in [0.5, 0.6) is 5.75 Å². The first kappa shape index (κ1) is 18.8. The first-order chi connectivity index (χ1) is 11.9. The van der Waals surface area contributed by atoms with Crippen LogP contribution in [-0.2, 0) is 14.3 Å². The number of ether oxygens (including phenoxy) is 3. The smallest absolute Gasteiger partial charge is 0.319 e. The van der Waals surface area contributed by atoms with E-state index >= 15 is 0 Å². The van der Waals surface area contributed by atoms with Gasteiger partial charge in [0, 0.05) is 11.3 Å². The van der Waals surface area contributed by atoms with Gasteiger partial charge in [-0.25, -0.2) is 4.79 Å². The van der Waals surface area contributed by atoms with Gasteiger partial charge in [0.15, 0.2) is 0 Å². The molecule has 0 aliphatic carbocycles. The third kappa shape index (κ3) is 4.73. The minimum Gasteiger partial charge on any atom is -0.496 e. The lowest BCUT2D eigenvalue weighted by molar-refractivity contribution is -0.150. The van der Waals surface area contributed by atoms with Crippen molar-refractivity contribution in [3.8, 4) is 5.75 Å². The van der Waals surface area contributed by atoms with Crippen molar-refractivity contribution in [2.75, 3.05) is 20.3 Å².